The molecular formula is C13H8BrN3O. The van der Waals surface area contributed by atoms with Crippen LogP contribution in [0.25, 0.3) is 17.0 Å². The molecule has 18 heavy (non-hydrogen) atoms. The fraction of sp³-hybridized carbons (Fsp3) is 0. The number of halogens is 1. The first-order valence-corrected chi connectivity index (χ1v) is 6.13. The smallest absolute Gasteiger partial charge is 0.170 e. The number of aldehydes is 1. The number of aromatic nitrogens is 3. The molecule has 0 amide bonds. The SMILES string of the molecule is O=Cc1nc(-c2ccccn2)n2cccc(Br)c12. The molecule has 4 nitrogen and oxygen atoms in total. The second-order valence-corrected chi connectivity index (χ2v) is 4.58. The molecule has 3 rings (SSSR count). The highest BCUT2D eigenvalue weighted by Gasteiger charge is 2.14. The second-order valence-electron chi connectivity index (χ2n) is 3.73. The minimum Gasteiger partial charge on any atom is -0.297 e. The minimum atomic E-state index is 0.406. The van der Waals surface area contributed by atoms with Crippen LogP contribution < -0.4 is 0 Å². The Morgan fingerprint density at radius 2 is 2.11 bits per heavy atom. The Balaban J connectivity index is 2.38. The van der Waals surface area contributed by atoms with Crippen molar-refractivity contribution in [3.63, 3.8) is 0 Å². The van der Waals surface area contributed by atoms with Crippen molar-refractivity contribution in [3.8, 4) is 11.5 Å². The van der Waals surface area contributed by atoms with Gasteiger partial charge >= 0.3 is 0 Å². The highest BCUT2D eigenvalue weighted by Crippen LogP contribution is 2.25. The van der Waals surface area contributed by atoms with Crippen LogP contribution in [0.3, 0.4) is 0 Å². The van der Waals surface area contributed by atoms with Gasteiger partial charge in [0.15, 0.2) is 12.1 Å². The Morgan fingerprint density at radius 3 is 2.83 bits per heavy atom. The molecule has 0 atom stereocenters. The van der Waals surface area contributed by atoms with Gasteiger partial charge in [0.2, 0.25) is 0 Å². The van der Waals surface area contributed by atoms with Crippen LogP contribution in [0.2, 0.25) is 0 Å². The van der Waals surface area contributed by atoms with Gasteiger partial charge in [0.1, 0.15) is 11.4 Å². The van der Waals surface area contributed by atoms with Crippen LogP contribution in [0.5, 0.6) is 0 Å². The number of rotatable bonds is 2. The van der Waals surface area contributed by atoms with E-state index in [1.807, 2.05) is 40.9 Å². The van der Waals surface area contributed by atoms with E-state index in [1.54, 1.807) is 6.20 Å². The normalized spacial score (nSPS) is 10.7. The summed E-state index contributed by atoms with van der Waals surface area (Å²) in [5.41, 5.74) is 1.90. The van der Waals surface area contributed by atoms with Gasteiger partial charge in [0, 0.05) is 16.9 Å². The van der Waals surface area contributed by atoms with Crippen molar-refractivity contribution >= 4 is 27.7 Å². The lowest BCUT2D eigenvalue weighted by Crippen LogP contribution is -1.90. The molecule has 3 aromatic rings. The van der Waals surface area contributed by atoms with Crippen LogP contribution in [0.4, 0.5) is 0 Å². The fourth-order valence-electron chi connectivity index (χ4n) is 1.88. The number of pyridine rings is 2. The van der Waals surface area contributed by atoms with Crippen molar-refractivity contribution in [3.05, 3.63) is 52.9 Å². The van der Waals surface area contributed by atoms with Crippen molar-refractivity contribution in [2.24, 2.45) is 0 Å². The Hall–Kier alpha value is -2.01. The average Bonchev–Trinajstić information content (AvgIpc) is 2.80. The molecule has 0 saturated carbocycles. The van der Waals surface area contributed by atoms with E-state index in [4.69, 9.17) is 0 Å². The number of hydrogen-bond acceptors (Lipinski definition) is 3. The molecule has 88 valence electrons. The molecule has 0 N–H and O–H groups in total. The maximum atomic E-state index is 11.1. The van der Waals surface area contributed by atoms with Gasteiger partial charge < -0.3 is 0 Å². The molecule has 0 bridgehead atoms. The van der Waals surface area contributed by atoms with Crippen LogP contribution in [0.15, 0.2) is 47.2 Å². The quantitative estimate of drug-likeness (QED) is 0.684. The Labute approximate surface area is 111 Å². The lowest BCUT2D eigenvalue weighted by atomic mass is 10.3. The van der Waals surface area contributed by atoms with Crippen LogP contribution in [-0.2, 0) is 0 Å². The van der Waals surface area contributed by atoms with Gasteiger partial charge in [0.25, 0.3) is 0 Å². The number of imidazole rings is 1. The van der Waals surface area contributed by atoms with E-state index >= 15 is 0 Å². The molecule has 0 aliphatic rings. The number of carbonyl (C=O) groups is 1. The van der Waals surface area contributed by atoms with Gasteiger partial charge in [0.05, 0.1) is 5.52 Å². The van der Waals surface area contributed by atoms with Crippen molar-refractivity contribution in [1.82, 2.24) is 14.4 Å². The van der Waals surface area contributed by atoms with Crippen LogP contribution in [-0.4, -0.2) is 20.7 Å². The molecule has 0 aliphatic heterocycles. The maximum Gasteiger partial charge on any atom is 0.170 e. The average molecular weight is 302 g/mol. The van der Waals surface area contributed by atoms with E-state index in [1.165, 1.54) is 0 Å². The predicted molar refractivity (Wildman–Crippen MR) is 71.5 cm³/mol. The van der Waals surface area contributed by atoms with E-state index in [0.29, 0.717) is 11.5 Å². The van der Waals surface area contributed by atoms with E-state index in [0.717, 1.165) is 22.0 Å². The molecule has 0 saturated heterocycles. The summed E-state index contributed by atoms with van der Waals surface area (Å²) in [4.78, 5) is 19.7. The Morgan fingerprint density at radius 1 is 1.22 bits per heavy atom. The zero-order chi connectivity index (χ0) is 12.5. The molecular weight excluding hydrogens is 294 g/mol. The number of carbonyl (C=O) groups excluding carboxylic acids is 1. The molecule has 3 heterocycles. The third kappa shape index (κ3) is 1.64. The molecule has 0 aromatic carbocycles. The van der Waals surface area contributed by atoms with Gasteiger partial charge in [-0.2, -0.15) is 0 Å². The summed E-state index contributed by atoms with van der Waals surface area (Å²) in [5, 5.41) is 0. The molecule has 3 aromatic heterocycles. The maximum absolute atomic E-state index is 11.1. The predicted octanol–water partition coefficient (Wildman–Crippen LogP) is 2.97. The monoisotopic (exact) mass is 301 g/mol. The van der Waals surface area contributed by atoms with E-state index in [9.17, 15) is 4.79 Å². The molecule has 0 radical (unpaired) electrons. The zero-order valence-electron chi connectivity index (χ0n) is 9.25. The summed E-state index contributed by atoms with van der Waals surface area (Å²) in [6.45, 7) is 0. The standard InChI is InChI=1S/C13H8BrN3O/c14-9-4-3-7-17-12(9)11(8-18)16-13(17)10-5-1-2-6-15-10/h1-8H. The van der Waals surface area contributed by atoms with Crippen molar-refractivity contribution in [1.29, 1.82) is 0 Å². The highest BCUT2D eigenvalue weighted by molar-refractivity contribution is 9.10. The number of hydrogen-bond donors (Lipinski definition) is 0. The minimum absolute atomic E-state index is 0.406. The fourth-order valence-corrected chi connectivity index (χ4v) is 2.43. The Kier molecular flexibility index (Phi) is 2.68. The molecule has 0 unspecified atom stereocenters. The highest BCUT2D eigenvalue weighted by atomic mass is 79.9. The second kappa shape index (κ2) is 4.34. The number of fused-ring (bicyclic) bond motifs is 1. The Bertz CT molecular complexity index is 722. The van der Waals surface area contributed by atoms with E-state index in [2.05, 4.69) is 25.9 Å². The largest absolute Gasteiger partial charge is 0.297 e. The first kappa shape index (κ1) is 11.1. The zero-order valence-corrected chi connectivity index (χ0v) is 10.8. The molecule has 0 aliphatic carbocycles. The van der Waals surface area contributed by atoms with Gasteiger partial charge in [-0.3, -0.25) is 14.2 Å². The molecule has 0 spiro atoms. The van der Waals surface area contributed by atoms with Gasteiger partial charge in [-0.1, -0.05) is 6.07 Å². The first-order valence-electron chi connectivity index (χ1n) is 5.34. The lowest BCUT2D eigenvalue weighted by molar-refractivity contribution is 0.112. The van der Waals surface area contributed by atoms with E-state index in [-0.39, 0.29) is 0 Å². The van der Waals surface area contributed by atoms with Crippen LogP contribution in [0, 0.1) is 0 Å². The summed E-state index contributed by atoms with van der Waals surface area (Å²) >= 11 is 3.43. The topological polar surface area (TPSA) is 47.3 Å². The summed E-state index contributed by atoms with van der Waals surface area (Å²) in [6.07, 6.45) is 4.33. The van der Waals surface area contributed by atoms with Crippen molar-refractivity contribution in [2.75, 3.05) is 0 Å². The molecule has 0 fully saturated rings. The summed E-state index contributed by atoms with van der Waals surface area (Å²) in [7, 11) is 0. The van der Waals surface area contributed by atoms with Gasteiger partial charge in [-0.05, 0) is 40.2 Å². The van der Waals surface area contributed by atoms with E-state index < -0.39 is 0 Å². The summed E-state index contributed by atoms with van der Waals surface area (Å²) in [5.74, 6) is 0.661. The number of nitrogens with zero attached hydrogens (tertiary/aromatic N) is 3. The van der Waals surface area contributed by atoms with Crippen LogP contribution in [0.1, 0.15) is 10.5 Å². The third-order valence-corrected chi connectivity index (χ3v) is 3.29. The molecule has 5 heteroatoms. The third-order valence-electron chi connectivity index (χ3n) is 2.65. The lowest BCUT2D eigenvalue weighted by Gasteiger charge is -2.00. The van der Waals surface area contributed by atoms with Gasteiger partial charge in [-0.15, -0.1) is 0 Å². The first-order chi connectivity index (χ1) is 8.81. The van der Waals surface area contributed by atoms with Crippen molar-refractivity contribution in [2.45, 2.75) is 0 Å². The summed E-state index contributed by atoms with van der Waals surface area (Å²) < 4.78 is 2.69. The van der Waals surface area contributed by atoms with Gasteiger partial charge in [-0.25, -0.2) is 4.98 Å². The van der Waals surface area contributed by atoms with Crippen LogP contribution >= 0.6 is 15.9 Å². The van der Waals surface area contributed by atoms with Crippen molar-refractivity contribution < 1.29 is 4.79 Å². The summed E-state index contributed by atoms with van der Waals surface area (Å²) in [6, 6.07) is 9.37.